The third-order valence-corrected chi connectivity index (χ3v) is 4.74. The molecule has 1 aromatic rings. The van der Waals surface area contributed by atoms with Gasteiger partial charge >= 0.3 is 0 Å². The van der Waals surface area contributed by atoms with Crippen LogP contribution in [0.15, 0.2) is 30.3 Å². The van der Waals surface area contributed by atoms with Gasteiger partial charge in [-0.25, -0.2) is 0 Å². The summed E-state index contributed by atoms with van der Waals surface area (Å²) in [7, 11) is 0. The Labute approximate surface area is 121 Å². The van der Waals surface area contributed by atoms with Crippen molar-refractivity contribution in [3.8, 4) is 6.07 Å². The van der Waals surface area contributed by atoms with E-state index < -0.39 is 0 Å². The third-order valence-electron chi connectivity index (χ3n) is 4.74. The Kier molecular flexibility index (Phi) is 4.34. The highest BCUT2D eigenvalue weighted by molar-refractivity contribution is 5.20. The predicted octanol–water partition coefficient (Wildman–Crippen LogP) is 2.81. The molecule has 2 heterocycles. The standard InChI is InChI=1S/C17H23N3/c18-10-9-17(15-6-2-1-3-7-15)20-13-5-12-19-11-4-8-16(19)14-20/h1-3,6-7,16-17H,4-5,8-9,11-14H2. The quantitative estimate of drug-likeness (QED) is 0.845. The second kappa shape index (κ2) is 6.39. The first-order chi connectivity index (χ1) is 9.88. The summed E-state index contributed by atoms with van der Waals surface area (Å²) >= 11 is 0. The maximum Gasteiger partial charge on any atom is 0.0641 e. The van der Waals surface area contributed by atoms with Crippen molar-refractivity contribution in [1.29, 1.82) is 5.26 Å². The molecule has 0 saturated carbocycles. The summed E-state index contributed by atoms with van der Waals surface area (Å²) in [6, 6.07) is 13.9. The molecule has 0 spiro atoms. The Morgan fingerprint density at radius 2 is 1.95 bits per heavy atom. The van der Waals surface area contributed by atoms with Crippen LogP contribution in [-0.4, -0.2) is 42.0 Å². The molecular weight excluding hydrogens is 246 g/mol. The second-order valence-electron chi connectivity index (χ2n) is 5.97. The van der Waals surface area contributed by atoms with Crippen LogP contribution in [0, 0.1) is 11.3 Å². The van der Waals surface area contributed by atoms with Crippen LogP contribution in [0.4, 0.5) is 0 Å². The van der Waals surface area contributed by atoms with Gasteiger partial charge < -0.3 is 0 Å². The molecule has 3 heteroatoms. The minimum atomic E-state index is 0.266. The Hall–Kier alpha value is -1.37. The van der Waals surface area contributed by atoms with Crippen LogP contribution in [0.1, 0.15) is 37.3 Å². The zero-order valence-electron chi connectivity index (χ0n) is 12.0. The van der Waals surface area contributed by atoms with Gasteiger partial charge in [-0.3, -0.25) is 9.80 Å². The van der Waals surface area contributed by atoms with Crippen LogP contribution in [0.2, 0.25) is 0 Å². The first kappa shape index (κ1) is 13.6. The lowest BCUT2D eigenvalue weighted by molar-refractivity contribution is 0.174. The highest BCUT2D eigenvalue weighted by Crippen LogP contribution is 2.29. The van der Waals surface area contributed by atoms with Gasteiger partial charge in [0.1, 0.15) is 0 Å². The summed E-state index contributed by atoms with van der Waals surface area (Å²) in [5.41, 5.74) is 1.29. The molecule has 0 bridgehead atoms. The molecule has 2 unspecified atom stereocenters. The van der Waals surface area contributed by atoms with E-state index in [1.807, 2.05) is 6.07 Å². The molecule has 2 fully saturated rings. The number of benzene rings is 1. The molecular formula is C17H23N3. The predicted molar refractivity (Wildman–Crippen MR) is 80.2 cm³/mol. The molecule has 0 N–H and O–H groups in total. The fourth-order valence-electron chi connectivity index (χ4n) is 3.74. The van der Waals surface area contributed by atoms with Gasteiger partial charge in [-0.15, -0.1) is 0 Å². The van der Waals surface area contributed by atoms with Gasteiger partial charge in [0.15, 0.2) is 0 Å². The molecule has 0 aliphatic carbocycles. The summed E-state index contributed by atoms with van der Waals surface area (Å²) in [5.74, 6) is 0. The molecule has 2 saturated heterocycles. The summed E-state index contributed by atoms with van der Waals surface area (Å²) in [6.45, 7) is 4.75. The lowest BCUT2D eigenvalue weighted by Gasteiger charge is -2.32. The molecule has 2 aliphatic heterocycles. The number of hydrogen-bond donors (Lipinski definition) is 0. The van der Waals surface area contributed by atoms with Crippen molar-refractivity contribution >= 4 is 0 Å². The fraction of sp³-hybridized carbons (Fsp3) is 0.588. The van der Waals surface area contributed by atoms with Gasteiger partial charge in [-0.1, -0.05) is 30.3 Å². The number of hydrogen-bond acceptors (Lipinski definition) is 3. The third kappa shape index (κ3) is 2.87. The number of nitriles is 1. The van der Waals surface area contributed by atoms with Gasteiger partial charge in [0.2, 0.25) is 0 Å². The zero-order valence-corrected chi connectivity index (χ0v) is 12.0. The highest BCUT2D eigenvalue weighted by atomic mass is 15.3. The Morgan fingerprint density at radius 1 is 1.15 bits per heavy atom. The van der Waals surface area contributed by atoms with E-state index in [9.17, 15) is 5.26 Å². The molecule has 2 atom stereocenters. The summed E-state index contributed by atoms with van der Waals surface area (Å²) in [4.78, 5) is 5.20. The minimum Gasteiger partial charge on any atom is -0.299 e. The van der Waals surface area contributed by atoms with E-state index in [0.29, 0.717) is 12.5 Å². The average Bonchev–Trinajstić information content (AvgIpc) is 2.83. The van der Waals surface area contributed by atoms with Crippen LogP contribution in [0.5, 0.6) is 0 Å². The molecule has 106 valence electrons. The van der Waals surface area contributed by atoms with E-state index in [-0.39, 0.29) is 6.04 Å². The second-order valence-corrected chi connectivity index (χ2v) is 5.97. The van der Waals surface area contributed by atoms with Crippen molar-refractivity contribution in [3.05, 3.63) is 35.9 Å². The maximum atomic E-state index is 9.20. The maximum absolute atomic E-state index is 9.20. The minimum absolute atomic E-state index is 0.266. The van der Waals surface area contributed by atoms with E-state index in [4.69, 9.17) is 0 Å². The zero-order chi connectivity index (χ0) is 13.8. The number of nitrogens with zero attached hydrogens (tertiary/aromatic N) is 3. The van der Waals surface area contributed by atoms with Crippen molar-refractivity contribution in [1.82, 2.24) is 9.80 Å². The molecule has 2 aliphatic rings. The lowest BCUT2D eigenvalue weighted by Crippen LogP contribution is -2.38. The van der Waals surface area contributed by atoms with Crippen LogP contribution in [-0.2, 0) is 0 Å². The van der Waals surface area contributed by atoms with Gasteiger partial charge in [0.25, 0.3) is 0 Å². The smallest absolute Gasteiger partial charge is 0.0641 e. The van der Waals surface area contributed by atoms with Crippen LogP contribution < -0.4 is 0 Å². The Balaban J connectivity index is 1.78. The van der Waals surface area contributed by atoms with Gasteiger partial charge in [0.05, 0.1) is 12.5 Å². The van der Waals surface area contributed by atoms with Crippen LogP contribution >= 0.6 is 0 Å². The molecule has 0 aromatic heterocycles. The SMILES string of the molecule is N#CCC(c1ccccc1)N1CCCN2CCCC2C1. The van der Waals surface area contributed by atoms with Gasteiger partial charge in [-0.2, -0.15) is 5.26 Å². The molecule has 0 radical (unpaired) electrons. The molecule has 1 aromatic carbocycles. The first-order valence-corrected chi connectivity index (χ1v) is 7.78. The summed E-state index contributed by atoms with van der Waals surface area (Å²) in [5, 5.41) is 9.20. The van der Waals surface area contributed by atoms with Crippen molar-refractivity contribution < 1.29 is 0 Å². The van der Waals surface area contributed by atoms with Crippen molar-refractivity contribution in [2.45, 2.75) is 37.8 Å². The lowest BCUT2D eigenvalue weighted by atomic mass is 10.0. The van der Waals surface area contributed by atoms with E-state index >= 15 is 0 Å². The van der Waals surface area contributed by atoms with Crippen LogP contribution in [0.3, 0.4) is 0 Å². The van der Waals surface area contributed by atoms with Crippen molar-refractivity contribution in [3.63, 3.8) is 0 Å². The van der Waals surface area contributed by atoms with E-state index in [0.717, 1.165) is 13.1 Å². The average molecular weight is 269 g/mol. The normalized spacial score (nSPS) is 25.6. The molecule has 3 nitrogen and oxygen atoms in total. The number of fused-ring (bicyclic) bond motifs is 1. The fourth-order valence-corrected chi connectivity index (χ4v) is 3.74. The molecule has 20 heavy (non-hydrogen) atoms. The summed E-state index contributed by atoms with van der Waals surface area (Å²) < 4.78 is 0. The Bertz CT molecular complexity index is 465. The van der Waals surface area contributed by atoms with E-state index in [1.165, 1.54) is 37.9 Å². The highest BCUT2D eigenvalue weighted by Gasteiger charge is 2.31. The molecule has 3 rings (SSSR count). The van der Waals surface area contributed by atoms with Crippen LogP contribution in [0.25, 0.3) is 0 Å². The van der Waals surface area contributed by atoms with E-state index in [1.54, 1.807) is 0 Å². The van der Waals surface area contributed by atoms with Crippen molar-refractivity contribution in [2.24, 2.45) is 0 Å². The Morgan fingerprint density at radius 3 is 2.75 bits per heavy atom. The van der Waals surface area contributed by atoms with Crippen molar-refractivity contribution in [2.75, 3.05) is 26.2 Å². The first-order valence-electron chi connectivity index (χ1n) is 7.78. The van der Waals surface area contributed by atoms with Gasteiger partial charge in [0, 0.05) is 25.2 Å². The topological polar surface area (TPSA) is 30.3 Å². The summed E-state index contributed by atoms with van der Waals surface area (Å²) in [6.07, 6.45) is 4.49. The van der Waals surface area contributed by atoms with Gasteiger partial charge in [-0.05, 0) is 37.9 Å². The monoisotopic (exact) mass is 269 g/mol. The van der Waals surface area contributed by atoms with E-state index in [2.05, 4.69) is 40.1 Å². The number of rotatable bonds is 3. The largest absolute Gasteiger partial charge is 0.299 e. The molecule has 0 amide bonds.